The number of benzene rings is 7. The Bertz CT molecular complexity index is 2520. The van der Waals surface area contributed by atoms with Gasteiger partial charge in [0.1, 0.15) is 22.7 Å². The molecule has 45 heavy (non-hydrogen) atoms. The molecule has 3 heteroatoms. The monoisotopic (exact) mass is 577 g/mol. The lowest BCUT2D eigenvalue weighted by atomic mass is 9.99. The summed E-state index contributed by atoms with van der Waals surface area (Å²) in [6, 6.07) is 57.0. The Balaban J connectivity index is 1.10. The molecule has 212 valence electrons. The van der Waals surface area contributed by atoms with Crippen LogP contribution in [0.5, 0.6) is 11.5 Å². The van der Waals surface area contributed by atoms with Gasteiger partial charge in [0.2, 0.25) is 0 Å². The molecule has 0 fully saturated rings. The van der Waals surface area contributed by atoms with Crippen LogP contribution in [0.2, 0.25) is 0 Å². The molecular formula is C42H27NO2. The predicted octanol–water partition coefficient (Wildman–Crippen LogP) is 11.8. The maximum atomic E-state index is 6.50. The van der Waals surface area contributed by atoms with Gasteiger partial charge < -0.3 is 13.7 Å². The van der Waals surface area contributed by atoms with Gasteiger partial charge in [0.05, 0.1) is 11.0 Å². The fourth-order valence-corrected chi connectivity index (χ4v) is 6.53. The number of aromatic nitrogens is 1. The Morgan fingerprint density at radius 3 is 1.91 bits per heavy atom. The van der Waals surface area contributed by atoms with E-state index in [1.807, 2.05) is 24.3 Å². The molecule has 0 bridgehead atoms. The third-order valence-corrected chi connectivity index (χ3v) is 8.64. The SMILES string of the molecule is c1ccc(-c2cccc(-c3cccc(Oc4ccc5c(c4)c4ccccc4n5-c4ccc5oc6ccccc6c5c4)c3)c2)cc1. The van der Waals surface area contributed by atoms with Crippen LogP contribution in [0.1, 0.15) is 0 Å². The largest absolute Gasteiger partial charge is 0.457 e. The van der Waals surface area contributed by atoms with Crippen LogP contribution >= 0.6 is 0 Å². The number of ether oxygens (including phenoxy) is 1. The van der Waals surface area contributed by atoms with Crippen molar-refractivity contribution in [3.63, 3.8) is 0 Å². The van der Waals surface area contributed by atoms with E-state index < -0.39 is 0 Å². The minimum atomic E-state index is 0.803. The maximum absolute atomic E-state index is 6.50. The van der Waals surface area contributed by atoms with Crippen molar-refractivity contribution >= 4 is 43.7 Å². The molecule has 0 atom stereocenters. The van der Waals surface area contributed by atoms with Crippen LogP contribution in [0, 0.1) is 0 Å². The zero-order valence-corrected chi connectivity index (χ0v) is 24.4. The van der Waals surface area contributed by atoms with Gasteiger partial charge in [0, 0.05) is 27.2 Å². The van der Waals surface area contributed by atoms with Crippen molar-refractivity contribution in [1.82, 2.24) is 4.57 Å². The first-order valence-electron chi connectivity index (χ1n) is 15.2. The van der Waals surface area contributed by atoms with E-state index in [2.05, 4.69) is 144 Å². The lowest BCUT2D eigenvalue weighted by Gasteiger charge is -2.11. The van der Waals surface area contributed by atoms with Gasteiger partial charge in [-0.05, 0) is 89.0 Å². The molecule has 0 unspecified atom stereocenters. The van der Waals surface area contributed by atoms with Crippen LogP contribution in [-0.4, -0.2) is 4.57 Å². The average molecular weight is 578 g/mol. The molecule has 0 saturated carbocycles. The minimum absolute atomic E-state index is 0.803. The molecule has 0 amide bonds. The van der Waals surface area contributed by atoms with Crippen LogP contribution < -0.4 is 4.74 Å². The van der Waals surface area contributed by atoms with Crippen molar-refractivity contribution in [3.05, 3.63) is 164 Å². The molecule has 3 nitrogen and oxygen atoms in total. The number of fused-ring (bicyclic) bond motifs is 6. The fraction of sp³-hybridized carbons (Fsp3) is 0. The van der Waals surface area contributed by atoms with E-state index in [0.29, 0.717) is 0 Å². The third kappa shape index (κ3) is 4.37. The van der Waals surface area contributed by atoms with Gasteiger partial charge in [0.15, 0.2) is 0 Å². The van der Waals surface area contributed by atoms with Crippen molar-refractivity contribution in [2.24, 2.45) is 0 Å². The molecule has 0 aliphatic carbocycles. The summed E-state index contributed by atoms with van der Waals surface area (Å²) in [4.78, 5) is 0. The van der Waals surface area contributed by atoms with Crippen LogP contribution in [0.4, 0.5) is 0 Å². The number of furan rings is 1. The predicted molar refractivity (Wildman–Crippen MR) is 185 cm³/mol. The van der Waals surface area contributed by atoms with Gasteiger partial charge in [-0.25, -0.2) is 0 Å². The normalized spacial score (nSPS) is 11.6. The summed E-state index contributed by atoms with van der Waals surface area (Å²) in [6.45, 7) is 0. The Labute approximate surface area is 260 Å². The van der Waals surface area contributed by atoms with Gasteiger partial charge in [-0.15, -0.1) is 0 Å². The smallest absolute Gasteiger partial charge is 0.135 e. The average Bonchev–Trinajstić information content (AvgIpc) is 3.64. The number of hydrogen-bond donors (Lipinski definition) is 0. The van der Waals surface area contributed by atoms with Crippen molar-refractivity contribution in [2.45, 2.75) is 0 Å². The third-order valence-electron chi connectivity index (χ3n) is 8.64. The molecule has 0 saturated heterocycles. The quantitative estimate of drug-likeness (QED) is 0.203. The maximum Gasteiger partial charge on any atom is 0.135 e. The van der Waals surface area contributed by atoms with Gasteiger partial charge in [-0.3, -0.25) is 0 Å². The van der Waals surface area contributed by atoms with Crippen molar-refractivity contribution in [1.29, 1.82) is 0 Å². The first kappa shape index (κ1) is 25.4. The highest BCUT2D eigenvalue weighted by atomic mass is 16.5. The first-order valence-corrected chi connectivity index (χ1v) is 15.2. The van der Waals surface area contributed by atoms with Crippen LogP contribution in [0.15, 0.2) is 168 Å². The molecule has 0 spiro atoms. The Morgan fingerprint density at radius 1 is 0.378 bits per heavy atom. The van der Waals surface area contributed by atoms with Crippen molar-refractivity contribution in [2.75, 3.05) is 0 Å². The zero-order valence-electron chi connectivity index (χ0n) is 24.4. The number of para-hydroxylation sites is 2. The second-order valence-electron chi connectivity index (χ2n) is 11.4. The Hall–Kier alpha value is -6.06. The number of rotatable bonds is 5. The van der Waals surface area contributed by atoms with E-state index in [4.69, 9.17) is 9.15 Å². The summed E-state index contributed by atoms with van der Waals surface area (Å²) >= 11 is 0. The molecule has 9 rings (SSSR count). The molecule has 0 N–H and O–H groups in total. The minimum Gasteiger partial charge on any atom is -0.457 e. The molecule has 2 heterocycles. The van der Waals surface area contributed by atoms with E-state index >= 15 is 0 Å². The van der Waals surface area contributed by atoms with Gasteiger partial charge in [-0.1, -0.05) is 97.1 Å². The summed E-state index contributed by atoms with van der Waals surface area (Å²) in [5, 5.41) is 4.57. The molecule has 0 aliphatic rings. The number of nitrogens with zero attached hydrogens (tertiary/aromatic N) is 1. The molecule has 7 aromatic carbocycles. The molecular weight excluding hydrogens is 550 g/mol. The Kier molecular flexibility index (Phi) is 5.82. The lowest BCUT2D eigenvalue weighted by Crippen LogP contribution is -1.93. The van der Waals surface area contributed by atoms with Crippen LogP contribution in [0.25, 0.3) is 71.7 Å². The highest BCUT2D eigenvalue weighted by molar-refractivity contribution is 6.11. The fourth-order valence-electron chi connectivity index (χ4n) is 6.53. The van der Waals surface area contributed by atoms with Gasteiger partial charge >= 0.3 is 0 Å². The zero-order chi connectivity index (χ0) is 29.7. The lowest BCUT2D eigenvalue weighted by molar-refractivity contribution is 0.483. The number of hydrogen-bond acceptors (Lipinski definition) is 2. The van der Waals surface area contributed by atoms with E-state index in [1.54, 1.807) is 0 Å². The van der Waals surface area contributed by atoms with Gasteiger partial charge in [0.25, 0.3) is 0 Å². The van der Waals surface area contributed by atoms with E-state index in [-0.39, 0.29) is 0 Å². The highest BCUT2D eigenvalue weighted by Gasteiger charge is 2.15. The van der Waals surface area contributed by atoms with Crippen LogP contribution in [-0.2, 0) is 0 Å². The second kappa shape index (κ2) is 10.3. The summed E-state index contributed by atoms with van der Waals surface area (Å²) in [5.41, 5.74) is 9.84. The standard InChI is InChI=1S/C42H27NO2/c1-2-10-28(11-3-1)29-12-8-13-30(24-29)31-14-9-15-33(25-31)44-34-21-22-40-37(27-34)35-16-4-6-18-39(35)43(40)32-20-23-42-38(26-32)36-17-5-7-19-41(36)45-42/h1-27H. The van der Waals surface area contributed by atoms with E-state index in [1.165, 1.54) is 16.5 Å². The Morgan fingerprint density at radius 2 is 1.02 bits per heavy atom. The summed E-state index contributed by atoms with van der Waals surface area (Å²) in [7, 11) is 0. The highest BCUT2D eigenvalue weighted by Crippen LogP contribution is 2.38. The summed E-state index contributed by atoms with van der Waals surface area (Å²) in [6.07, 6.45) is 0. The molecule has 0 aliphatic heterocycles. The van der Waals surface area contributed by atoms with Crippen LogP contribution in [0.3, 0.4) is 0 Å². The van der Waals surface area contributed by atoms with E-state index in [0.717, 1.165) is 66.7 Å². The van der Waals surface area contributed by atoms with Crippen molar-refractivity contribution in [3.8, 4) is 39.4 Å². The molecule has 9 aromatic rings. The first-order chi connectivity index (χ1) is 22.3. The van der Waals surface area contributed by atoms with Gasteiger partial charge in [-0.2, -0.15) is 0 Å². The van der Waals surface area contributed by atoms with Crippen molar-refractivity contribution < 1.29 is 9.15 Å². The molecule has 2 aromatic heterocycles. The summed E-state index contributed by atoms with van der Waals surface area (Å²) in [5.74, 6) is 1.61. The summed E-state index contributed by atoms with van der Waals surface area (Å²) < 4.78 is 14.9. The molecule has 0 radical (unpaired) electrons. The topological polar surface area (TPSA) is 27.3 Å². The second-order valence-corrected chi connectivity index (χ2v) is 11.4. The van der Waals surface area contributed by atoms with E-state index in [9.17, 15) is 0 Å².